The molecule has 0 radical (unpaired) electrons. The highest BCUT2D eigenvalue weighted by atomic mass is 31.2. The second-order valence-electron chi connectivity index (χ2n) is 3.53. The van der Waals surface area contributed by atoms with Gasteiger partial charge in [0.1, 0.15) is 0 Å². The molecule has 0 atom stereocenters. The van der Waals surface area contributed by atoms with E-state index in [1.807, 2.05) is 12.1 Å². The average Bonchev–Trinajstić information content (AvgIpc) is 2.30. The van der Waals surface area contributed by atoms with Crippen molar-refractivity contribution in [3.63, 3.8) is 0 Å². The zero-order valence-electron chi connectivity index (χ0n) is 9.08. The van der Waals surface area contributed by atoms with Gasteiger partial charge in [0.05, 0.1) is 0 Å². The van der Waals surface area contributed by atoms with Gasteiger partial charge in [0.2, 0.25) is 0 Å². The van der Waals surface area contributed by atoms with E-state index in [-0.39, 0.29) is 0 Å². The largest absolute Gasteiger partial charge is 0.389 e. The van der Waals surface area contributed by atoms with Crippen LogP contribution < -0.4 is 10.2 Å². The van der Waals surface area contributed by atoms with Gasteiger partial charge in [-0.15, -0.1) is 0 Å². The zero-order chi connectivity index (χ0) is 12.1. The normalized spacial score (nSPS) is 10.9. The fourth-order valence-electron chi connectivity index (χ4n) is 1.40. The Kier molecular flexibility index (Phi) is 3.47. The molecule has 17 heavy (non-hydrogen) atoms. The van der Waals surface area contributed by atoms with Gasteiger partial charge in [0.25, 0.3) is 0 Å². The van der Waals surface area contributed by atoms with Gasteiger partial charge in [0.15, 0.2) is 0 Å². The monoisotopic (exact) mass is 248 g/mol. The average molecular weight is 248 g/mol. The van der Waals surface area contributed by atoms with Crippen molar-refractivity contribution >= 4 is 19.0 Å². The van der Waals surface area contributed by atoms with Gasteiger partial charge in [-0.1, -0.05) is 36.4 Å². The summed E-state index contributed by atoms with van der Waals surface area (Å²) < 4.78 is 11.9. The number of hydrogen-bond donors (Lipinski definition) is 3. The fourth-order valence-corrected chi connectivity index (χ4v) is 2.46. The van der Waals surface area contributed by atoms with Gasteiger partial charge >= 0.3 is 7.67 Å². The lowest BCUT2D eigenvalue weighted by Crippen LogP contribution is -2.05. The van der Waals surface area contributed by atoms with Gasteiger partial charge in [-0.2, -0.15) is 0 Å². The SMILES string of the molecule is O=P(O)(Nc1ccccc1)Nc1ccccc1. The molecule has 5 heteroatoms. The first-order chi connectivity index (χ1) is 8.16. The van der Waals surface area contributed by atoms with E-state index < -0.39 is 7.67 Å². The number of anilines is 2. The third-order valence-electron chi connectivity index (χ3n) is 2.11. The molecule has 0 aliphatic heterocycles. The molecule has 4 nitrogen and oxygen atoms in total. The van der Waals surface area contributed by atoms with Crippen molar-refractivity contribution in [2.75, 3.05) is 10.2 Å². The molecule has 0 aliphatic carbocycles. The van der Waals surface area contributed by atoms with Gasteiger partial charge in [-0.05, 0) is 24.3 Å². The lowest BCUT2D eigenvalue weighted by molar-refractivity contribution is 0.490. The molecule has 3 N–H and O–H groups in total. The Bertz CT molecular complexity index is 471. The predicted octanol–water partition coefficient (Wildman–Crippen LogP) is 3.31. The molecule has 0 amide bonds. The molecular weight excluding hydrogens is 235 g/mol. The Balaban J connectivity index is 2.07. The maximum Gasteiger partial charge on any atom is 0.389 e. The van der Waals surface area contributed by atoms with E-state index in [0.29, 0.717) is 11.4 Å². The van der Waals surface area contributed by atoms with Crippen LogP contribution >= 0.6 is 7.67 Å². The number of benzene rings is 2. The number of nitrogens with one attached hydrogen (secondary N) is 2. The van der Waals surface area contributed by atoms with E-state index in [1.165, 1.54) is 0 Å². The van der Waals surface area contributed by atoms with Crippen LogP contribution in [0.15, 0.2) is 60.7 Å². The van der Waals surface area contributed by atoms with Crippen LogP contribution in [0, 0.1) is 0 Å². The molecule has 88 valence electrons. The van der Waals surface area contributed by atoms with E-state index >= 15 is 0 Å². The van der Waals surface area contributed by atoms with Crippen molar-refractivity contribution in [3.8, 4) is 0 Å². The van der Waals surface area contributed by atoms with Crippen molar-refractivity contribution in [3.05, 3.63) is 60.7 Å². The molecule has 0 aromatic heterocycles. The minimum Gasteiger partial charge on any atom is -0.313 e. The van der Waals surface area contributed by atoms with Crippen molar-refractivity contribution in [1.82, 2.24) is 0 Å². The van der Waals surface area contributed by atoms with Crippen LogP contribution in [0.4, 0.5) is 11.4 Å². The summed E-state index contributed by atoms with van der Waals surface area (Å²) in [6, 6.07) is 17.8. The summed E-state index contributed by atoms with van der Waals surface area (Å²) >= 11 is 0. The molecule has 2 rings (SSSR count). The number of hydrogen-bond acceptors (Lipinski definition) is 1. The standard InChI is InChI=1S/C12H13N2O2P/c15-17(16,13-11-7-3-1-4-8-11)14-12-9-5-2-6-10-12/h1-10H,(H3,13,14,15,16). The predicted molar refractivity (Wildman–Crippen MR) is 70.0 cm³/mol. The van der Waals surface area contributed by atoms with Crippen LogP contribution in [0.1, 0.15) is 0 Å². The first-order valence-corrected chi connectivity index (χ1v) is 6.81. The summed E-state index contributed by atoms with van der Waals surface area (Å²) in [7, 11) is -3.64. The molecule has 0 saturated heterocycles. The maximum atomic E-state index is 11.9. The summed E-state index contributed by atoms with van der Waals surface area (Å²) in [6.07, 6.45) is 0. The van der Waals surface area contributed by atoms with E-state index in [0.717, 1.165) is 0 Å². The molecule has 0 spiro atoms. The molecule has 0 saturated carbocycles. The Labute approximate surface area is 99.9 Å². The highest BCUT2D eigenvalue weighted by Gasteiger charge is 2.17. The molecule has 2 aromatic rings. The van der Waals surface area contributed by atoms with Gasteiger partial charge in [-0.3, -0.25) is 10.2 Å². The van der Waals surface area contributed by atoms with E-state index in [2.05, 4.69) is 10.2 Å². The molecule has 0 aliphatic rings. The van der Waals surface area contributed by atoms with E-state index in [1.54, 1.807) is 48.5 Å². The fraction of sp³-hybridized carbons (Fsp3) is 0. The van der Waals surface area contributed by atoms with Crippen molar-refractivity contribution in [2.45, 2.75) is 0 Å². The lowest BCUT2D eigenvalue weighted by atomic mass is 10.3. The third-order valence-corrected chi connectivity index (χ3v) is 3.23. The summed E-state index contributed by atoms with van der Waals surface area (Å²) in [4.78, 5) is 9.75. The van der Waals surface area contributed by atoms with Crippen molar-refractivity contribution in [2.24, 2.45) is 0 Å². The van der Waals surface area contributed by atoms with Crippen molar-refractivity contribution < 1.29 is 9.46 Å². The Morgan fingerprint density at radius 2 is 1.12 bits per heavy atom. The van der Waals surface area contributed by atoms with E-state index in [4.69, 9.17) is 0 Å². The zero-order valence-corrected chi connectivity index (χ0v) is 9.97. The molecule has 0 fully saturated rings. The summed E-state index contributed by atoms with van der Waals surface area (Å²) in [5.41, 5.74) is 1.20. The highest BCUT2D eigenvalue weighted by molar-refractivity contribution is 7.61. The van der Waals surface area contributed by atoms with Crippen LogP contribution in [-0.4, -0.2) is 4.89 Å². The number of rotatable bonds is 4. The van der Waals surface area contributed by atoms with Crippen LogP contribution in [-0.2, 0) is 4.57 Å². The van der Waals surface area contributed by atoms with Gasteiger partial charge in [0, 0.05) is 11.4 Å². The first-order valence-electron chi connectivity index (χ1n) is 5.15. The van der Waals surface area contributed by atoms with Crippen LogP contribution in [0.2, 0.25) is 0 Å². The van der Waals surface area contributed by atoms with Crippen LogP contribution in [0.5, 0.6) is 0 Å². The summed E-state index contributed by atoms with van der Waals surface area (Å²) in [5, 5.41) is 5.13. The second kappa shape index (κ2) is 5.04. The Morgan fingerprint density at radius 3 is 1.47 bits per heavy atom. The van der Waals surface area contributed by atoms with Crippen LogP contribution in [0.3, 0.4) is 0 Å². The van der Waals surface area contributed by atoms with Gasteiger partial charge in [-0.25, -0.2) is 4.57 Å². The minimum atomic E-state index is -3.64. The smallest absolute Gasteiger partial charge is 0.313 e. The highest BCUT2D eigenvalue weighted by Crippen LogP contribution is 2.40. The summed E-state index contributed by atoms with van der Waals surface area (Å²) in [6.45, 7) is 0. The quantitative estimate of drug-likeness (QED) is 0.726. The minimum absolute atomic E-state index is 0.599. The topological polar surface area (TPSA) is 61.4 Å². The van der Waals surface area contributed by atoms with Gasteiger partial charge < -0.3 is 4.89 Å². The maximum absolute atomic E-state index is 11.9. The molecular formula is C12H13N2O2P. The van der Waals surface area contributed by atoms with Crippen LogP contribution in [0.25, 0.3) is 0 Å². The first kappa shape index (κ1) is 11.7. The lowest BCUT2D eigenvalue weighted by Gasteiger charge is -2.16. The Morgan fingerprint density at radius 1 is 0.765 bits per heavy atom. The van der Waals surface area contributed by atoms with E-state index in [9.17, 15) is 9.46 Å². The number of para-hydroxylation sites is 2. The summed E-state index contributed by atoms with van der Waals surface area (Å²) in [5.74, 6) is 0. The second-order valence-corrected chi connectivity index (χ2v) is 5.13. The molecule has 2 aromatic carbocycles. The molecule has 0 unspecified atom stereocenters. The third kappa shape index (κ3) is 3.63. The molecule has 0 bridgehead atoms. The molecule has 0 heterocycles. The Hall–Kier alpha value is -1.77. The van der Waals surface area contributed by atoms with Crippen molar-refractivity contribution in [1.29, 1.82) is 0 Å².